The number of ether oxygens (including phenoxy) is 2. The summed E-state index contributed by atoms with van der Waals surface area (Å²) in [5.41, 5.74) is 1.28. The molecule has 0 saturated carbocycles. The molecule has 1 fully saturated rings. The molecule has 5 nitrogen and oxygen atoms in total. The average Bonchev–Trinajstić information content (AvgIpc) is 2.82. The van der Waals surface area contributed by atoms with Crippen molar-refractivity contribution >= 4 is 17.5 Å². The highest BCUT2D eigenvalue weighted by Crippen LogP contribution is 2.27. The highest BCUT2D eigenvalue weighted by Gasteiger charge is 2.34. The van der Waals surface area contributed by atoms with Crippen LogP contribution in [0.2, 0.25) is 5.02 Å². The quantitative estimate of drug-likeness (QED) is 0.616. The molecule has 7 heteroatoms. The number of carbonyl (C=O) groups is 1. The van der Waals surface area contributed by atoms with Gasteiger partial charge in [0.05, 0.1) is 12.1 Å². The van der Waals surface area contributed by atoms with Gasteiger partial charge in [-0.3, -0.25) is 9.69 Å². The molecule has 2 aliphatic rings. The molecule has 178 valence electrons. The van der Waals surface area contributed by atoms with Gasteiger partial charge in [-0.15, -0.1) is 0 Å². The van der Waals surface area contributed by atoms with E-state index in [0.29, 0.717) is 41.6 Å². The molecule has 4 rings (SSSR count). The molecule has 2 heterocycles. The number of halogens is 2. The Labute approximate surface area is 200 Å². The topological polar surface area (TPSA) is 42.0 Å². The van der Waals surface area contributed by atoms with Gasteiger partial charge in [0.2, 0.25) is 0 Å². The number of carbonyl (C=O) groups excluding carboxylic acids is 1. The number of piperidine rings is 1. The predicted octanol–water partition coefficient (Wildman–Crippen LogP) is 5.16. The molecule has 0 unspecified atom stereocenters. The second kappa shape index (κ2) is 11.3. The summed E-state index contributed by atoms with van der Waals surface area (Å²) < 4.78 is 26.2. The summed E-state index contributed by atoms with van der Waals surface area (Å²) in [7, 11) is 1.74. The predicted molar refractivity (Wildman–Crippen MR) is 127 cm³/mol. The van der Waals surface area contributed by atoms with Crippen molar-refractivity contribution in [1.29, 1.82) is 0 Å². The van der Waals surface area contributed by atoms with Crippen molar-refractivity contribution < 1.29 is 18.7 Å². The van der Waals surface area contributed by atoms with Gasteiger partial charge < -0.3 is 14.4 Å². The molecular formula is C26H32ClFN2O3. The van der Waals surface area contributed by atoms with Crippen LogP contribution in [0.25, 0.3) is 0 Å². The Morgan fingerprint density at radius 1 is 1.09 bits per heavy atom. The zero-order chi connectivity index (χ0) is 23.2. The van der Waals surface area contributed by atoms with Crippen LogP contribution in [0.1, 0.15) is 48.0 Å². The molecule has 2 atom stereocenters. The van der Waals surface area contributed by atoms with E-state index in [2.05, 4.69) is 4.90 Å². The summed E-state index contributed by atoms with van der Waals surface area (Å²) in [6, 6.07) is 12.3. The second-order valence-electron chi connectivity index (χ2n) is 8.87. The van der Waals surface area contributed by atoms with Gasteiger partial charge in [-0.1, -0.05) is 30.2 Å². The first-order valence-electron chi connectivity index (χ1n) is 11.8. The van der Waals surface area contributed by atoms with Crippen molar-refractivity contribution in [3.05, 3.63) is 64.4 Å². The third-order valence-electron chi connectivity index (χ3n) is 6.67. The number of fused-ring (bicyclic) bond motifs is 3. The van der Waals surface area contributed by atoms with E-state index in [0.717, 1.165) is 45.2 Å². The maximum atomic E-state index is 14.4. The third-order valence-corrected chi connectivity index (χ3v) is 6.91. The van der Waals surface area contributed by atoms with Gasteiger partial charge in [0.25, 0.3) is 5.91 Å². The molecule has 2 aromatic carbocycles. The van der Waals surface area contributed by atoms with Crippen molar-refractivity contribution in [2.45, 2.75) is 50.8 Å². The third kappa shape index (κ3) is 6.05. The Bertz CT molecular complexity index is 957. The van der Waals surface area contributed by atoms with Crippen molar-refractivity contribution in [1.82, 2.24) is 9.80 Å². The number of hydrogen-bond donors (Lipinski definition) is 0. The fourth-order valence-electron chi connectivity index (χ4n) is 4.92. The summed E-state index contributed by atoms with van der Waals surface area (Å²) in [5.74, 6) is 0.436. The average molecular weight is 475 g/mol. The molecule has 1 amide bonds. The molecule has 0 radical (unpaired) electrons. The van der Waals surface area contributed by atoms with Gasteiger partial charge in [0, 0.05) is 42.9 Å². The smallest absolute Gasteiger partial charge is 0.254 e. The fraction of sp³-hybridized carbons (Fsp3) is 0.500. The minimum absolute atomic E-state index is 0.0455. The van der Waals surface area contributed by atoms with Crippen LogP contribution in [0.3, 0.4) is 0 Å². The maximum absolute atomic E-state index is 14.4. The van der Waals surface area contributed by atoms with Crippen molar-refractivity contribution in [2.24, 2.45) is 0 Å². The van der Waals surface area contributed by atoms with Crippen LogP contribution >= 0.6 is 11.6 Å². The molecule has 0 spiro atoms. The van der Waals surface area contributed by atoms with E-state index >= 15 is 0 Å². The van der Waals surface area contributed by atoms with Crippen LogP contribution < -0.4 is 4.74 Å². The highest BCUT2D eigenvalue weighted by molar-refractivity contribution is 6.30. The van der Waals surface area contributed by atoms with E-state index in [1.54, 1.807) is 19.2 Å². The minimum atomic E-state index is -0.283. The van der Waals surface area contributed by atoms with E-state index < -0.39 is 0 Å². The van der Waals surface area contributed by atoms with E-state index in [4.69, 9.17) is 21.1 Å². The Balaban J connectivity index is 1.54. The maximum Gasteiger partial charge on any atom is 0.254 e. The van der Waals surface area contributed by atoms with E-state index in [1.807, 2.05) is 29.2 Å². The number of amides is 1. The molecule has 0 aliphatic carbocycles. The number of rotatable bonds is 3. The van der Waals surface area contributed by atoms with Crippen molar-refractivity contribution in [3.8, 4) is 5.75 Å². The lowest BCUT2D eigenvalue weighted by Crippen LogP contribution is -2.51. The number of nitrogens with zero attached hydrogens (tertiary/aromatic N) is 2. The Morgan fingerprint density at radius 2 is 1.97 bits per heavy atom. The van der Waals surface area contributed by atoms with Crippen LogP contribution in [-0.2, 0) is 11.3 Å². The van der Waals surface area contributed by atoms with Gasteiger partial charge >= 0.3 is 0 Å². The van der Waals surface area contributed by atoms with Crippen LogP contribution in [0, 0.1) is 5.82 Å². The van der Waals surface area contributed by atoms with Crippen LogP contribution in [0.5, 0.6) is 5.75 Å². The Morgan fingerprint density at radius 3 is 2.79 bits per heavy atom. The van der Waals surface area contributed by atoms with E-state index in [1.165, 1.54) is 6.07 Å². The number of hydrogen-bond acceptors (Lipinski definition) is 4. The fourth-order valence-corrected chi connectivity index (χ4v) is 5.08. The highest BCUT2D eigenvalue weighted by atomic mass is 35.5. The lowest BCUT2D eigenvalue weighted by molar-refractivity contribution is -0.0156. The molecule has 33 heavy (non-hydrogen) atoms. The van der Waals surface area contributed by atoms with Crippen LogP contribution in [0.15, 0.2) is 42.5 Å². The van der Waals surface area contributed by atoms with Gasteiger partial charge in [0.15, 0.2) is 0 Å². The lowest BCUT2D eigenvalue weighted by Gasteiger charge is -2.41. The van der Waals surface area contributed by atoms with Gasteiger partial charge in [0.1, 0.15) is 18.2 Å². The summed E-state index contributed by atoms with van der Waals surface area (Å²) >= 11 is 5.92. The molecule has 2 aliphatic heterocycles. The molecule has 1 saturated heterocycles. The summed E-state index contributed by atoms with van der Waals surface area (Å²) in [6.45, 7) is 3.20. The van der Waals surface area contributed by atoms with Crippen LogP contribution in [-0.4, -0.2) is 61.2 Å². The minimum Gasteiger partial charge on any atom is -0.492 e. The van der Waals surface area contributed by atoms with Crippen molar-refractivity contribution in [2.75, 3.05) is 33.4 Å². The lowest BCUT2D eigenvalue weighted by atomic mass is 9.93. The Kier molecular flexibility index (Phi) is 8.23. The molecule has 0 aromatic heterocycles. The zero-order valence-electron chi connectivity index (χ0n) is 19.1. The van der Waals surface area contributed by atoms with Crippen molar-refractivity contribution in [3.63, 3.8) is 0 Å². The summed E-state index contributed by atoms with van der Waals surface area (Å²) in [4.78, 5) is 17.6. The molecular weight excluding hydrogens is 443 g/mol. The molecule has 2 bridgehead atoms. The zero-order valence-corrected chi connectivity index (χ0v) is 19.9. The SMILES string of the molecule is CO[C@@H]1CCCN2C(=O)c3cccc(c3)OCCN(Cc3ccc(Cl)cc3F)CCCC[C@H]12. The van der Waals surface area contributed by atoms with E-state index in [9.17, 15) is 9.18 Å². The Hall–Kier alpha value is -2.15. The largest absolute Gasteiger partial charge is 0.492 e. The summed E-state index contributed by atoms with van der Waals surface area (Å²) in [5, 5.41) is 0.403. The first-order chi connectivity index (χ1) is 16.0. The molecule has 2 aromatic rings. The summed E-state index contributed by atoms with van der Waals surface area (Å²) in [6.07, 6.45) is 4.77. The molecule has 0 N–H and O–H groups in total. The monoisotopic (exact) mass is 474 g/mol. The van der Waals surface area contributed by atoms with Gasteiger partial charge in [-0.2, -0.15) is 0 Å². The number of methoxy groups -OCH3 is 1. The van der Waals surface area contributed by atoms with E-state index in [-0.39, 0.29) is 23.9 Å². The normalized spacial score (nSPS) is 22.9. The number of benzene rings is 2. The first kappa shape index (κ1) is 24.0. The van der Waals surface area contributed by atoms with Crippen LogP contribution in [0.4, 0.5) is 4.39 Å². The second-order valence-corrected chi connectivity index (χ2v) is 9.30. The first-order valence-corrected chi connectivity index (χ1v) is 12.2. The standard InChI is InChI=1S/C26H32ClFN2O3/c1-32-25-9-5-13-30-24(25)8-2-3-12-29(18-20-10-11-21(27)17-23(20)28)14-15-33-22-7-4-6-19(16-22)26(30)31/h4,6-7,10-11,16-17,24-25H,2-3,5,8-9,12-15,18H2,1H3/t24-,25-/m1/s1. The van der Waals surface area contributed by atoms with Gasteiger partial charge in [-0.25, -0.2) is 4.39 Å². The van der Waals surface area contributed by atoms with Gasteiger partial charge in [-0.05, 0) is 62.6 Å².